The van der Waals surface area contributed by atoms with E-state index in [0.717, 1.165) is 6.54 Å². The molecule has 0 fully saturated rings. The molecule has 3 heteroatoms. The van der Waals surface area contributed by atoms with Crippen LogP contribution < -0.4 is 4.90 Å². The van der Waals surface area contributed by atoms with Crippen molar-refractivity contribution in [3.63, 3.8) is 0 Å². The highest BCUT2D eigenvalue weighted by Crippen LogP contribution is 2.66. The summed E-state index contributed by atoms with van der Waals surface area (Å²) in [6, 6.07) is 13.3. The summed E-state index contributed by atoms with van der Waals surface area (Å²) in [5.74, 6) is 0. The Morgan fingerprint density at radius 3 is 2.56 bits per heavy atom. The number of thiophene rings is 1. The van der Waals surface area contributed by atoms with Crippen LogP contribution in [0.5, 0.6) is 0 Å². The fraction of sp³-hybridized carbons (Fsp3) is 0.409. The van der Waals surface area contributed by atoms with Crippen LogP contribution in [0.3, 0.4) is 0 Å². The van der Waals surface area contributed by atoms with Gasteiger partial charge in [-0.25, -0.2) is 4.98 Å². The molecule has 0 spiro atoms. The zero-order chi connectivity index (χ0) is 17.6. The second kappa shape index (κ2) is 4.45. The molecule has 128 valence electrons. The molecule has 1 unspecified atom stereocenters. The highest BCUT2D eigenvalue weighted by atomic mass is 32.1. The summed E-state index contributed by atoms with van der Waals surface area (Å²) in [4.78, 5) is 9.96. The van der Waals surface area contributed by atoms with Crippen molar-refractivity contribution in [2.45, 2.75) is 52.1 Å². The third kappa shape index (κ3) is 1.55. The van der Waals surface area contributed by atoms with Gasteiger partial charge in [-0.1, -0.05) is 52.0 Å². The zero-order valence-corrected chi connectivity index (χ0v) is 16.4. The predicted octanol–water partition coefficient (Wildman–Crippen LogP) is 5.85. The molecule has 0 radical (unpaired) electrons. The summed E-state index contributed by atoms with van der Waals surface area (Å²) in [5.41, 5.74) is 4.48. The first kappa shape index (κ1) is 15.4. The van der Waals surface area contributed by atoms with Crippen LogP contribution in [0.1, 0.15) is 50.6 Å². The van der Waals surface area contributed by atoms with E-state index < -0.39 is 0 Å². The summed E-state index contributed by atoms with van der Waals surface area (Å²) in [6.45, 7) is 13.2. The zero-order valence-electron chi connectivity index (χ0n) is 15.6. The monoisotopic (exact) mass is 348 g/mol. The van der Waals surface area contributed by atoms with Crippen LogP contribution in [0.25, 0.3) is 10.2 Å². The lowest BCUT2D eigenvalue weighted by atomic mass is 9.51. The molecule has 0 amide bonds. The van der Waals surface area contributed by atoms with Crippen molar-refractivity contribution in [2.24, 2.45) is 5.41 Å². The number of fused-ring (bicyclic) bond motifs is 7. The molecule has 1 aromatic carbocycles. The van der Waals surface area contributed by atoms with Crippen molar-refractivity contribution < 1.29 is 0 Å². The van der Waals surface area contributed by atoms with Crippen LogP contribution >= 0.6 is 11.3 Å². The Bertz CT molecular complexity index is 1010. The van der Waals surface area contributed by atoms with Crippen LogP contribution in [0, 0.1) is 5.41 Å². The molecule has 2 aliphatic heterocycles. The lowest BCUT2D eigenvalue weighted by Crippen LogP contribution is -2.61. The van der Waals surface area contributed by atoms with Crippen LogP contribution in [0.4, 0.5) is 5.69 Å². The molecule has 2 aliphatic rings. The van der Waals surface area contributed by atoms with Gasteiger partial charge in [-0.15, -0.1) is 11.3 Å². The minimum Gasteiger partial charge on any atom is -0.356 e. The fourth-order valence-electron chi connectivity index (χ4n) is 5.22. The predicted molar refractivity (Wildman–Crippen MR) is 106 cm³/mol. The van der Waals surface area contributed by atoms with E-state index in [0.29, 0.717) is 0 Å². The van der Waals surface area contributed by atoms with E-state index in [9.17, 15) is 0 Å². The molecule has 0 N–H and O–H groups in total. The van der Waals surface area contributed by atoms with E-state index in [-0.39, 0.29) is 16.4 Å². The lowest BCUT2D eigenvalue weighted by molar-refractivity contribution is 0.0694. The average molecular weight is 349 g/mol. The van der Waals surface area contributed by atoms with Gasteiger partial charge in [0.15, 0.2) is 0 Å². The van der Waals surface area contributed by atoms with E-state index in [4.69, 9.17) is 0 Å². The topological polar surface area (TPSA) is 16.1 Å². The van der Waals surface area contributed by atoms with Crippen molar-refractivity contribution in [1.82, 2.24) is 4.98 Å². The van der Waals surface area contributed by atoms with E-state index in [1.807, 2.05) is 17.5 Å². The number of hydrogen-bond donors (Lipinski definition) is 0. The van der Waals surface area contributed by atoms with Gasteiger partial charge in [0.25, 0.3) is 0 Å². The summed E-state index contributed by atoms with van der Waals surface area (Å²) in [5, 5.41) is 1.34. The molecule has 4 heterocycles. The van der Waals surface area contributed by atoms with Crippen molar-refractivity contribution in [3.05, 3.63) is 58.6 Å². The van der Waals surface area contributed by atoms with E-state index in [1.165, 1.54) is 31.9 Å². The Morgan fingerprint density at radius 1 is 1.00 bits per heavy atom. The van der Waals surface area contributed by atoms with E-state index in [1.54, 1.807) is 0 Å². The Kier molecular flexibility index (Phi) is 2.74. The van der Waals surface area contributed by atoms with Gasteiger partial charge < -0.3 is 4.90 Å². The van der Waals surface area contributed by atoms with Gasteiger partial charge in [0.1, 0.15) is 4.83 Å². The number of pyridine rings is 1. The van der Waals surface area contributed by atoms with Gasteiger partial charge in [-0.05, 0) is 30.0 Å². The van der Waals surface area contributed by atoms with Crippen molar-refractivity contribution in [1.29, 1.82) is 0 Å². The van der Waals surface area contributed by atoms with Gasteiger partial charge >= 0.3 is 0 Å². The fourth-order valence-corrected chi connectivity index (χ4v) is 6.45. The first-order chi connectivity index (χ1) is 11.8. The van der Waals surface area contributed by atoms with Gasteiger partial charge in [0.05, 0.1) is 12.1 Å². The Balaban J connectivity index is 1.89. The molecule has 1 atom stereocenters. The second-order valence-electron chi connectivity index (χ2n) is 8.68. The largest absolute Gasteiger partial charge is 0.356 e. The van der Waals surface area contributed by atoms with Crippen LogP contribution in [-0.2, 0) is 17.5 Å². The molecule has 0 saturated carbocycles. The highest BCUT2D eigenvalue weighted by molar-refractivity contribution is 7.19. The third-order valence-corrected chi connectivity index (χ3v) is 8.61. The SMILES string of the molecule is CC1(C)c2ccccc2N2Cc3sc4ncccc4c3C2(C)C1(C)C. The van der Waals surface area contributed by atoms with Crippen LogP contribution in [0.2, 0.25) is 0 Å². The molecular formula is C22H24N2S. The summed E-state index contributed by atoms with van der Waals surface area (Å²) in [6.07, 6.45) is 1.92. The normalized spacial score (nSPS) is 25.6. The van der Waals surface area contributed by atoms with E-state index >= 15 is 0 Å². The third-order valence-electron chi connectivity index (χ3n) is 7.52. The minimum absolute atomic E-state index is 0.0402. The van der Waals surface area contributed by atoms with Crippen molar-refractivity contribution in [2.75, 3.05) is 4.90 Å². The number of benzene rings is 1. The maximum absolute atomic E-state index is 4.64. The Morgan fingerprint density at radius 2 is 1.76 bits per heavy atom. The maximum Gasteiger partial charge on any atom is 0.123 e. The first-order valence-corrected chi connectivity index (χ1v) is 9.86. The van der Waals surface area contributed by atoms with Crippen LogP contribution in [-0.4, -0.2) is 4.98 Å². The highest BCUT2D eigenvalue weighted by Gasteiger charge is 2.62. The van der Waals surface area contributed by atoms with Gasteiger partial charge in [-0.2, -0.15) is 0 Å². The molecule has 5 rings (SSSR count). The number of rotatable bonds is 0. The van der Waals surface area contributed by atoms with Crippen LogP contribution in [0.15, 0.2) is 42.6 Å². The molecule has 2 aromatic heterocycles. The molecule has 2 nitrogen and oxygen atoms in total. The quantitative estimate of drug-likeness (QED) is 0.506. The number of para-hydroxylation sites is 1. The standard InChI is InChI=1S/C22H24N2S/c1-20(2)15-10-6-7-11-16(15)24-13-17-18(22(24,5)21(20,3)4)14-9-8-12-23-19(14)25-17/h6-12H,13H2,1-5H3. The average Bonchev–Trinajstić information content (AvgIpc) is 3.09. The van der Waals surface area contributed by atoms with Crippen molar-refractivity contribution in [3.8, 4) is 0 Å². The summed E-state index contributed by atoms with van der Waals surface area (Å²) in [7, 11) is 0. The molecule has 3 aromatic rings. The van der Waals surface area contributed by atoms with Gasteiger partial charge in [0, 0.05) is 33.1 Å². The number of anilines is 1. The second-order valence-corrected chi connectivity index (χ2v) is 9.77. The lowest BCUT2D eigenvalue weighted by Gasteiger charge is -2.61. The van der Waals surface area contributed by atoms with Gasteiger partial charge in [-0.3, -0.25) is 0 Å². The molecule has 0 bridgehead atoms. The molecule has 0 aliphatic carbocycles. The molecule has 0 saturated heterocycles. The maximum atomic E-state index is 4.64. The minimum atomic E-state index is -0.0402. The van der Waals surface area contributed by atoms with Crippen molar-refractivity contribution >= 4 is 27.2 Å². The first-order valence-electron chi connectivity index (χ1n) is 9.04. The Labute approximate surface area is 153 Å². The van der Waals surface area contributed by atoms with Gasteiger partial charge in [0.2, 0.25) is 0 Å². The van der Waals surface area contributed by atoms with E-state index in [2.05, 4.69) is 80.9 Å². The Hall–Kier alpha value is -1.87. The summed E-state index contributed by atoms with van der Waals surface area (Å²) >= 11 is 1.87. The molecular weight excluding hydrogens is 324 g/mol. The summed E-state index contributed by atoms with van der Waals surface area (Å²) < 4.78 is 0. The molecule has 25 heavy (non-hydrogen) atoms. The number of aromatic nitrogens is 1. The smallest absolute Gasteiger partial charge is 0.123 e. The number of nitrogens with zero attached hydrogens (tertiary/aromatic N) is 2. The number of hydrogen-bond acceptors (Lipinski definition) is 3.